The first-order valence-corrected chi connectivity index (χ1v) is 12.4. The molecule has 3 heteroatoms. The van der Waals surface area contributed by atoms with Crippen molar-refractivity contribution >= 4 is 0 Å². The van der Waals surface area contributed by atoms with Gasteiger partial charge in [-0.2, -0.15) is 0 Å². The number of fused-ring (bicyclic) bond motifs is 1. The molecule has 31 heavy (non-hydrogen) atoms. The van der Waals surface area contributed by atoms with E-state index in [0.717, 1.165) is 30.4 Å². The lowest BCUT2D eigenvalue weighted by atomic mass is 9.61. The number of rotatable bonds is 6. The molecule has 0 bridgehead atoms. The molecule has 0 spiro atoms. The van der Waals surface area contributed by atoms with E-state index in [1.807, 2.05) is 13.8 Å². The highest BCUT2D eigenvalue weighted by Crippen LogP contribution is 2.59. The third kappa shape index (κ3) is 5.43. The first kappa shape index (κ1) is 24.5. The molecule has 3 saturated carbocycles. The third-order valence-electron chi connectivity index (χ3n) is 8.70. The summed E-state index contributed by atoms with van der Waals surface area (Å²) in [5.74, 6) is 1.80. The van der Waals surface area contributed by atoms with Gasteiger partial charge >= 0.3 is 0 Å². The lowest BCUT2D eigenvalue weighted by Gasteiger charge is -2.44. The van der Waals surface area contributed by atoms with E-state index in [0.29, 0.717) is 36.0 Å². The summed E-state index contributed by atoms with van der Waals surface area (Å²) in [7, 11) is 0. The van der Waals surface area contributed by atoms with Crippen molar-refractivity contribution in [3.63, 3.8) is 0 Å². The van der Waals surface area contributed by atoms with E-state index in [2.05, 4.69) is 44.7 Å². The van der Waals surface area contributed by atoms with Gasteiger partial charge in [-0.25, -0.2) is 0 Å². The normalized spacial score (nSPS) is 39.8. The van der Waals surface area contributed by atoms with Crippen LogP contribution in [0.25, 0.3) is 0 Å². The van der Waals surface area contributed by atoms with Crippen LogP contribution in [0.3, 0.4) is 0 Å². The molecular formula is C28H44O3. The number of allylic oxidation sites excluding steroid dienone is 4. The first-order chi connectivity index (χ1) is 14.6. The number of aliphatic hydroxyl groups excluding tert-OH is 2. The minimum Gasteiger partial charge on any atom is -0.393 e. The van der Waals surface area contributed by atoms with Crippen LogP contribution in [-0.2, 0) is 0 Å². The zero-order valence-electron chi connectivity index (χ0n) is 20.1. The number of aliphatic hydroxyl groups is 3. The second-order valence-corrected chi connectivity index (χ2v) is 11.0. The van der Waals surface area contributed by atoms with Gasteiger partial charge in [-0.3, -0.25) is 0 Å². The summed E-state index contributed by atoms with van der Waals surface area (Å²) in [6, 6.07) is 0. The Kier molecular flexibility index (Phi) is 7.71. The molecule has 3 aliphatic carbocycles. The van der Waals surface area contributed by atoms with Crippen LogP contribution in [0.4, 0.5) is 0 Å². The highest BCUT2D eigenvalue weighted by molar-refractivity contribution is 5.38. The van der Waals surface area contributed by atoms with E-state index in [-0.39, 0.29) is 0 Å². The predicted octanol–water partition coefficient (Wildman–Crippen LogP) is 5.87. The molecule has 0 amide bonds. The van der Waals surface area contributed by atoms with Crippen LogP contribution in [0.5, 0.6) is 0 Å². The van der Waals surface area contributed by atoms with Crippen LogP contribution in [0.2, 0.25) is 0 Å². The first-order valence-electron chi connectivity index (χ1n) is 12.4. The van der Waals surface area contributed by atoms with Crippen LogP contribution in [-0.4, -0.2) is 33.1 Å². The van der Waals surface area contributed by atoms with Gasteiger partial charge in [0.25, 0.3) is 0 Å². The van der Waals surface area contributed by atoms with Crippen molar-refractivity contribution in [1.29, 1.82) is 0 Å². The fourth-order valence-corrected chi connectivity index (χ4v) is 6.42. The largest absolute Gasteiger partial charge is 0.393 e. The molecule has 0 heterocycles. The van der Waals surface area contributed by atoms with E-state index >= 15 is 0 Å². The standard InChI is InChI=1S/C28H44O3/c1-6-27(4,31)15-7-9-19(2)24-13-14-25-21(10-8-16-28(24,25)5)11-12-22-17-23(29)18-26(30)20(22)3/h7,9,11-12,19,23-26,29-31H,3,6,8,10,13-18H2,1-2,4-5H3/b9-7+,21-11+,22-12-/t19-,23+,24-,25+,26-,27?,28-/m1/s1. The van der Waals surface area contributed by atoms with Gasteiger partial charge < -0.3 is 15.3 Å². The van der Waals surface area contributed by atoms with Gasteiger partial charge in [0.1, 0.15) is 0 Å². The maximum atomic E-state index is 10.3. The SMILES string of the molecule is C=C1/C(=C\C=C2/CCC[C@]3(C)[C@@H]([C@H](C)/C=C/CC(C)(O)CC)CC[C@@H]23)C[C@H](O)C[C@H]1O. The molecule has 3 rings (SSSR count). The van der Waals surface area contributed by atoms with E-state index in [9.17, 15) is 15.3 Å². The predicted molar refractivity (Wildman–Crippen MR) is 129 cm³/mol. The van der Waals surface area contributed by atoms with Crippen LogP contribution in [0.1, 0.15) is 85.5 Å². The van der Waals surface area contributed by atoms with E-state index in [1.54, 1.807) is 0 Å². The average Bonchev–Trinajstić information content (AvgIpc) is 3.07. The Bertz CT molecular complexity index is 743. The fraction of sp³-hybridized carbons (Fsp3) is 0.714. The maximum Gasteiger partial charge on any atom is 0.0811 e. The van der Waals surface area contributed by atoms with Crippen LogP contribution < -0.4 is 0 Å². The highest BCUT2D eigenvalue weighted by Gasteiger charge is 2.50. The lowest BCUT2D eigenvalue weighted by Crippen LogP contribution is -2.35. The van der Waals surface area contributed by atoms with Crippen molar-refractivity contribution in [1.82, 2.24) is 0 Å². The summed E-state index contributed by atoms with van der Waals surface area (Å²) in [6.45, 7) is 12.9. The Morgan fingerprint density at radius 3 is 2.71 bits per heavy atom. The smallest absolute Gasteiger partial charge is 0.0811 e. The van der Waals surface area contributed by atoms with Gasteiger partial charge in [-0.05, 0) is 92.6 Å². The van der Waals surface area contributed by atoms with Gasteiger partial charge in [-0.1, -0.05) is 57.2 Å². The Morgan fingerprint density at radius 2 is 2.00 bits per heavy atom. The molecular weight excluding hydrogens is 384 g/mol. The zero-order chi connectivity index (χ0) is 22.8. The van der Waals surface area contributed by atoms with E-state index in [1.165, 1.54) is 31.3 Å². The van der Waals surface area contributed by atoms with Crippen LogP contribution >= 0.6 is 0 Å². The molecule has 174 valence electrons. The summed E-state index contributed by atoms with van der Waals surface area (Å²) in [5.41, 5.74) is 3.03. The zero-order valence-corrected chi connectivity index (χ0v) is 20.1. The van der Waals surface area contributed by atoms with Crippen molar-refractivity contribution in [3.8, 4) is 0 Å². The third-order valence-corrected chi connectivity index (χ3v) is 8.70. The van der Waals surface area contributed by atoms with Crippen LogP contribution in [0.15, 0.2) is 47.6 Å². The van der Waals surface area contributed by atoms with Gasteiger partial charge in [0, 0.05) is 6.42 Å². The Morgan fingerprint density at radius 1 is 1.26 bits per heavy atom. The Labute approximate surface area is 189 Å². The summed E-state index contributed by atoms with van der Waals surface area (Å²) < 4.78 is 0. The summed E-state index contributed by atoms with van der Waals surface area (Å²) in [5, 5.41) is 30.5. The monoisotopic (exact) mass is 428 g/mol. The number of hydrogen-bond donors (Lipinski definition) is 3. The van der Waals surface area contributed by atoms with Crippen molar-refractivity contribution < 1.29 is 15.3 Å². The fourth-order valence-electron chi connectivity index (χ4n) is 6.42. The minimum absolute atomic E-state index is 0.322. The molecule has 0 saturated heterocycles. The highest BCUT2D eigenvalue weighted by atomic mass is 16.3. The second-order valence-electron chi connectivity index (χ2n) is 11.0. The quantitative estimate of drug-likeness (QED) is 0.464. The molecule has 0 aromatic rings. The molecule has 1 unspecified atom stereocenters. The van der Waals surface area contributed by atoms with Crippen molar-refractivity contribution in [3.05, 3.63) is 47.6 Å². The molecule has 0 radical (unpaired) electrons. The van der Waals surface area contributed by atoms with Gasteiger partial charge in [0.2, 0.25) is 0 Å². The molecule has 0 aromatic carbocycles. The van der Waals surface area contributed by atoms with Crippen molar-refractivity contribution in [2.24, 2.45) is 23.2 Å². The van der Waals surface area contributed by atoms with Gasteiger partial charge in [-0.15, -0.1) is 0 Å². The summed E-state index contributed by atoms with van der Waals surface area (Å²) in [4.78, 5) is 0. The van der Waals surface area contributed by atoms with Gasteiger partial charge in [0.15, 0.2) is 0 Å². The van der Waals surface area contributed by atoms with Crippen molar-refractivity contribution in [2.75, 3.05) is 0 Å². The number of hydrogen-bond acceptors (Lipinski definition) is 3. The lowest BCUT2D eigenvalue weighted by molar-refractivity contribution is 0.0588. The molecule has 3 aliphatic rings. The van der Waals surface area contributed by atoms with E-state index in [4.69, 9.17) is 0 Å². The summed E-state index contributed by atoms with van der Waals surface area (Å²) >= 11 is 0. The molecule has 0 aromatic heterocycles. The maximum absolute atomic E-state index is 10.3. The minimum atomic E-state index is -0.623. The molecule has 3 fully saturated rings. The Hall–Kier alpha value is -1.16. The van der Waals surface area contributed by atoms with Crippen molar-refractivity contribution in [2.45, 2.75) is 103 Å². The topological polar surface area (TPSA) is 60.7 Å². The second kappa shape index (κ2) is 9.77. The Balaban J connectivity index is 1.73. The molecule has 0 aliphatic heterocycles. The molecule has 3 N–H and O–H groups in total. The average molecular weight is 429 g/mol. The van der Waals surface area contributed by atoms with Crippen LogP contribution in [0, 0.1) is 23.2 Å². The van der Waals surface area contributed by atoms with Gasteiger partial charge in [0.05, 0.1) is 17.8 Å². The molecule has 3 nitrogen and oxygen atoms in total. The summed E-state index contributed by atoms with van der Waals surface area (Å²) in [6.07, 6.45) is 16.5. The van der Waals surface area contributed by atoms with E-state index < -0.39 is 17.8 Å². The molecule has 7 atom stereocenters.